The van der Waals surface area contributed by atoms with Crippen LogP contribution >= 0.6 is 11.6 Å². The summed E-state index contributed by atoms with van der Waals surface area (Å²) >= 11 is 5.68. The van der Waals surface area contributed by atoms with E-state index in [1.54, 1.807) is 4.90 Å². The Morgan fingerprint density at radius 3 is 2.45 bits per heavy atom. The SMILES string of the molecule is O=C(NCC(=O)N1CCCC1)c1cc(F)c(F)cc1Cl. The monoisotopic (exact) mass is 302 g/mol. The Kier molecular flexibility index (Phi) is 4.54. The van der Waals surface area contributed by atoms with E-state index in [0.29, 0.717) is 19.2 Å². The molecule has 0 aromatic heterocycles. The minimum atomic E-state index is -1.16. The molecule has 0 bridgehead atoms. The average molecular weight is 303 g/mol. The molecule has 1 aliphatic heterocycles. The predicted octanol–water partition coefficient (Wildman–Crippen LogP) is 1.97. The van der Waals surface area contributed by atoms with Gasteiger partial charge in [-0.05, 0) is 25.0 Å². The molecule has 0 spiro atoms. The summed E-state index contributed by atoms with van der Waals surface area (Å²) in [6, 6.07) is 1.45. The van der Waals surface area contributed by atoms with Crippen LogP contribution < -0.4 is 5.32 Å². The van der Waals surface area contributed by atoms with E-state index in [1.165, 1.54) is 0 Å². The van der Waals surface area contributed by atoms with Gasteiger partial charge in [-0.15, -0.1) is 0 Å². The first-order chi connectivity index (χ1) is 9.49. The van der Waals surface area contributed by atoms with Crippen molar-refractivity contribution in [1.82, 2.24) is 10.2 Å². The standard InChI is InChI=1S/C13H13ClF2N2O2/c14-9-6-11(16)10(15)5-8(9)13(20)17-7-12(19)18-3-1-2-4-18/h5-6H,1-4,7H2,(H,17,20). The van der Waals surface area contributed by atoms with Gasteiger partial charge in [0.1, 0.15) is 0 Å². The van der Waals surface area contributed by atoms with Crippen LogP contribution in [0.2, 0.25) is 5.02 Å². The first kappa shape index (κ1) is 14.7. The van der Waals surface area contributed by atoms with Crippen molar-refractivity contribution in [3.05, 3.63) is 34.4 Å². The lowest BCUT2D eigenvalue weighted by atomic mass is 10.2. The van der Waals surface area contributed by atoms with Crippen molar-refractivity contribution in [2.75, 3.05) is 19.6 Å². The van der Waals surface area contributed by atoms with Crippen LogP contribution in [0.3, 0.4) is 0 Å². The molecule has 4 nitrogen and oxygen atoms in total. The van der Waals surface area contributed by atoms with Gasteiger partial charge in [0, 0.05) is 13.1 Å². The van der Waals surface area contributed by atoms with E-state index in [0.717, 1.165) is 18.9 Å². The molecule has 108 valence electrons. The van der Waals surface area contributed by atoms with Crippen molar-refractivity contribution in [3.63, 3.8) is 0 Å². The summed E-state index contributed by atoms with van der Waals surface area (Å²) in [6.45, 7) is 1.18. The van der Waals surface area contributed by atoms with Gasteiger partial charge in [0.15, 0.2) is 11.6 Å². The smallest absolute Gasteiger partial charge is 0.253 e. The maximum absolute atomic E-state index is 13.1. The minimum Gasteiger partial charge on any atom is -0.343 e. The number of carbonyl (C=O) groups is 2. The van der Waals surface area contributed by atoms with Crippen molar-refractivity contribution in [1.29, 1.82) is 0 Å². The van der Waals surface area contributed by atoms with Gasteiger partial charge >= 0.3 is 0 Å². The number of amides is 2. The molecule has 1 fully saturated rings. The van der Waals surface area contributed by atoms with Crippen LogP contribution in [0.1, 0.15) is 23.2 Å². The van der Waals surface area contributed by atoms with E-state index < -0.39 is 17.5 Å². The zero-order chi connectivity index (χ0) is 14.7. The van der Waals surface area contributed by atoms with Gasteiger partial charge in [-0.2, -0.15) is 0 Å². The third kappa shape index (κ3) is 3.25. The maximum Gasteiger partial charge on any atom is 0.253 e. The number of nitrogens with one attached hydrogen (secondary N) is 1. The normalized spacial score (nSPS) is 14.4. The highest BCUT2D eigenvalue weighted by Gasteiger charge is 2.20. The molecule has 7 heteroatoms. The second kappa shape index (κ2) is 6.17. The van der Waals surface area contributed by atoms with E-state index in [2.05, 4.69) is 5.32 Å². The fraction of sp³-hybridized carbons (Fsp3) is 0.385. The molecule has 1 N–H and O–H groups in total. The summed E-state index contributed by atoms with van der Waals surface area (Å²) in [5.74, 6) is -3.19. The second-order valence-corrected chi connectivity index (χ2v) is 4.92. The van der Waals surface area contributed by atoms with Gasteiger partial charge in [-0.3, -0.25) is 9.59 Å². The average Bonchev–Trinajstić information content (AvgIpc) is 2.94. The molecule has 0 saturated carbocycles. The molecule has 0 atom stereocenters. The van der Waals surface area contributed by atoms with Crippen molar-refractivity contribution < 1.29 is 18.4 Å². The number of likely N-dealkylation sites (tertiary alicyclic amines) is 1. The summed E-state index contributed by atoms with van der Waals surface area (Å²) in [7, 11) is 0. The molecule has 1 aromatic carbocycles. The van der Waals surface area contributed by atoms with Crippen molar-refractivity contribution >= 4 is 23.4 Å². The Morgan fingerprint density at radius 1 is 1.20 bits per heavy atom. The fourth-order valence-corrected chi connectivity index (χ4v) is 2.26. The Hall–Kier alpha value is -1.69. The zero-order valence-corrected chi connectivity index (χ0v) is 11.3. The molecule has 2 amide bonds. The number of hydrogen-bond donors (Lipinski definition) is 1. The molecule has 1 saturated heterocycles. The van der Waals surface area contributed by atoms with Crippen molar-refractivity contribution in [2.24, 2.45) is 0 Å². The molecular formula is C13H13ClF2N2O2. The Bertz CT molecular complexity index is 545. The van der Waals surface area contributed by atoms with Gasteiger partial charge < -0.3 is 10.2 Å². The Morgan fingerprint density at radius 2 is 1.80 bits per heavy atom. The van der Waals surface area contributed by atoms with Crippen LogP contribution in [-0.2, 0) is 4.79 Å². The molecule has 2 rings (SSSR count). The molecule has 1 aromatic rings. The van der Waals surface area contributed by atoms with Gasteiger partial charge in [-0.25, -0.2) is 8.78 Å². The van der Waals surface area contributed by atoms with Crippen molar-refractivity contribution in [2.45, 2.75) is 12.8 Å². The lowest BCUT2D eigenvalue weighted by molar-refractivity contribution is -0.129. The van der Waals surface area contributed by atoms with Gasteiger partial charge in [0.25, 0.3) is 5.91 Å². The first-order valence-electron chi connectivity index (χ1n) is 6.19. The highest BCUT2D eigenvalue weighted by molar-refractivity contribution is 6.33. The van der Waals surface area contributed by atoms with Gasteiger partial charge in [0.05, 0.1) is 17.1 Å². The van der Waals surface area contributed by atoms with E-state index in [1.807, 2.05) is 0 Å². The number of benzene rings is 1. The largest absolute Gasteiger partial charge is 0.343 e. The fourth-order valence-electron chi connectivity index (χ4n) is 2.03. The first-order valence-corrected chi connectivity index (χ1v) is 6.57. The summed E-state index contributed by atoms with van der Waals surface area (Å²) in [5.41, 5.74) is -0.195. The molecular weight excluding hydrogens is 290 g/mol. The van der Waals surface area contributed by atoms with Crippen LogP contribution in [-0.4, -0.2) is 36.3 Å². The van der Waals surface area contributed by atoms with E-state index in [4.69, 9.17) is 11.6 Å². The quantitative estimate of drug-likeness (QED) is 0.868. The summed E-state index contributed by atoms with van der Waals surface area (Å²) in [4.78, 5) is 25.2. The van der Waals surface area contributed by atoms with Crippen LogP contribution in [0.5, 0.6) is 0 Å². The topological polar surface area (TPSA) is 49.4 Å². The summed E-state index contributed by atoms with van der Waals surface area (Å²) in [6.07, 6.45) is 1.91. The van der Waals surface area contributed by atoms with Crippen LogP contribution in [0.25, 0.3) is 0 Å². The molecule has 1 aliphatic rings. The van der Waals surface area contributed by atoms with Gasteiger partial charge in [0.2, 0.25) is 5.91 Å². The third-order valence-electron chi connectivity index (χ3n) is 3.11. The summed E-state index contributed by atoms with van der Waals surface area (Å²) in [5, 5.41) is 2.16. The molecule has 0 unspecified atom stereocenters. The highest BCUT2D eigenvalue weighted by atomic mass is 35.5. The molecule has 20 heavy (non-hydrogen) atoms. The predicted molar refractivity (Wildman–Crippen MR) is 69.5 cm³/mol. The third-order valence-corrected chi connectivity index (χ3v) is 3.43. The number of rotatable bonds is 3. The minimum absolute atomic E-state index is 0.186. The lowest BCUT2D eigenvalue weighted by Gasteiger charge is -2.15. The van der Waals surface area contributed by atoms with Crippen LogP contribution in [0, 0.1) is 11.6 Å². The Balaban J connectivity index is 1.98. The highest BCUT2D eigenvalue weighted by Crippen LogP contribution is 2.19. The zero-order valence-electron chi connectivity index (χ0n) is 10.6. The number of halogens is 3. The van der Waals surface area contributed by atoms with Crippen LogP contribution in [0.4, 0.5) is 8.78 Å². The Labute approximate surface area is 119 Å². The van der Waals surface area contributed by atoms with Crippen LogP contribution in [0.15, 0.2) is 12.1 Å². The number of nitrogens with zero attached hydrogens (tertiary/aromatic N) is 1. The molecule has 1 heterocycles. The van der Waals surface area contributed by atoms with E-state index in [-0.39, 0.29) is 23.0 Å². The van der Waals surface area contributed by atoms with E-state index >= 15 is 0 Å². The van der Waals surface area contributed by atoms with Gasteiger partial charge in [-0.1, -0.05) is 11.6 Å². The number of hydrogen-bond acceptors (Lipinski definition) is 2. The van der Waals surface area contributed by atoms with E-state index in [9.17, 15) is 18.4 Å². The molecule has 0 aliphatic carbocycles. The second-order valence-electron chi connectivity index (χ2n) is 4.52. The lowest BCUT2D eigenvalue weighted by Crippen LogP contribution is -2.38. The van der Waals surface area contributed by atoms with Crippen molar-refractivity contribution in [3.8, 4) is 0 Å². The maximum atomic E-state index is 13.1. The number of carbonyl (C=O) groups excluding carboxylic acids is 2. The summed E-state index contributed by atoms with van der Waals surface area (Å²) < 4.78 is 26.0. The molecule has 0 radical (unpaired) electrons.